The Bertz CT molecular complexity index is 628. The Morgan fingerprint density at radius 3 is 2.62 bits per heavy atom. The number of fused-ring (bicyclic) bond motifs is 1. The van der Waals surface area contributed by atoms with Gasteiger partial charge in [0.15, 0.2) is 0 Å². The van der Waals surface area contributed by atoms with E-state index >= 15 is 0 Å². The van der Waals surface area contributed by atoms with Crippen molar-refractivity contribution in [2.24, 2.45) is 0 Å². The summed E-state index contributed by atoms with van der Waals surface area (Å²) in [7, 11) is 0. The summed E-state index contributed by atoms with van der Waals surface area (Å²) in [5, 5.41) is 1.08. The van der Waals surface area contributed by atoms with Crippen LogP contribution in [0.3, 0.4) is 0 Å². The van der Waals surface area contributed by atoms with Crippen LogP contribution in [-0.2, 0) is 0 Å². The van der Waals surface area contributed by atoms with E-state index in [1.807, 2.05) is 35.0 Å². The molecule has 78 valence electrons. The highest BCUT2D eigenvalue weighted by atomic mass is 15.0. The van der Waals surface area contributed by atoms with Gasteiger partial charge in [-0.2, -0.15) is 0 Å². The maximum absolute atomic E-state index is 5.69. The Morgan fingerprint density at radius 2 is 1.81 bits per heavy atom. The van der Waals surface area contributed by atoms with Crippen LogP contribution in [0.1, 0.15) is 0 Å². The highest BCUT2D eigenvalue weighted by Gasteiger charge is 2.04. The second kappa shape index (κ2) is 3.34. The summed E-state index contributed by atoms with van der Waals surface area (Å²) in [4.78, 5) is 8.33. The van der Waals surface area contributed by atoms with Gasteiger partial charge in [-0.15, -0.1) is 0 Å². The summed E-state index contributed by atoms with van der Waals surface area (Å²) < 4.78 is 1.99. The average molecular weight is 210 g/mol. The van der Waals surface area contributed by atoms with Gasteiger partial charge >= 0.3 is 0 Å². The zero-order valence-corrected chi connectivity index (χ0v) is 8.54. The lowest BCUT2D eigenvalue weighted by atomic mass is 10.3. The lowest BCUT2D eigenvalue weighted by Crippen LogP contribution is -1.96. The van der Waals surface area contributed by atoms with Gasteiger partial charge in [0.2, 0.25) is 0 Å². The lowest BCUT2D eigenvalue weighted by Gasteiger charge is -2.03. The first-order valence-corrected chi connectivity index (χ1v) is 4.98. The fraction of sp³-hybridized carbons (Fsp3) is 0. The molecule has 0 fully saturated rings. The number of anilines is 1. The van der Waals surface area contributed by atoms with Crippen LogP contribution < -0.4 is 5.73 Å². The molecular formula is C12H10N4. The number of hydrogen-bond acceptors (Lipinski definition) is 3. The van der Waals surface area contributed by atoms with Crippen LogP contribution in [0.2, 0.25) is 0 Å². The van der Waals surface area contributed by atoms with E-state index in [2.05, 4.69) is 9.97 Å². The molecule has 3 heterocycles. The van der Waals surface area contributed by atoms with Crippen LogP contribution in [-0.4, -0.2) is 14.5 Å². The van der Waals surface area contributed by atoms with Gasteiger partial charge in [-0.25, -0.2) is 4.98 Å². The average Bonchev–Trinajstić information content (AvgIpc) is 2.73. The Morgan fingerprint density at radius 1 is 1.00 bits per heavy atom. The molecule has 0 saturated carbocycles. The maximum atomic E-state index is 5.69. The quantitative estimate of drug-likeness (QED) is 0.668. The normalized spacial score (nSPS) is 10.8. The summed E-state index contributed by atoms with van der Waals surface area (Å²) in [5.41, 5.74) is 7.59. The molecular weight excluding hydrogens is 200 g/mol. The molecule has 0 radical (unpaired) electrons. The fourth-order valence-corrected chi connectivity index (χ4v) is 1.74. The summed E-state index contributed by atoms with van der Waals surface area (Å²) in [6.07, 6.45) is 5.49. The van der Waals surface area contributed by atoms with E-state index in [0.717, 1.165) is 16.7 Å². The molecule has 0 spiro atoms. The van der Waals surface area contributed by atoms with E-state index in [9.17, 15) is 0 Å². The van der Waals surface area contributed by atoms with Crippen molar-refractivity contribution >= 4 is 16.9 Å². The number of nitrogen functional groups attached to an aromatic ring is 1. The number of rotatable bonds is 1. The van der Waals surface area contributed by atoms with Crippen molar-refractivity contribution in [3.8, 4) is 5.69 Å². The zero-order chi connectivity index (χ0) is 11.0. The Labute approximate surface area is 92.4 Å². The van der Waals surface area contributed by atoms with Gasteiger partial charge < -0.3 is 10.3 Å². The summed E-state index contributed by atoms with van der Waals surface area (Å²) in [5.74, 6) is 0.529. The molecule has 0 aliphatic carbocycles. The second-order valence-corrected chi connectivity index (χ2v) is 3.54. The van der Waals surface area contributed by atoms with Crippen LogP contribution in [0, 0.1) is 0 Å². The van der Waals surface area contributed by atoms with Crippen LogP contribution in [0.4, 0.5) is 5.82 Å². The molecule has 0 bridgehead atoms. The van der Waals surface area contributed by atoms with E-state index in [1.165, 1.54) is 0 Å². The maximum Gasteiger partial charge on any atom is 0.146 e. The van der Waals surface area contributed by atoms with Gasteiger partial charge in [0.25, 0.3) is 0 Å². The van der Waals surface area contributed by atoms with Gasteiger partial charge in [-0.3, -0.25) is 4.98 Å². The van der Waals surface area contributed by atoms with Gasteiger partial charge in [-0.1, -0.05) is 0 Å². The molecule has 16 heavy (non-hydrogen) atoms. The molecule has 0 aromatic carbocycles. The predicted molar refractivity (Wildman–Crippen MR) is 63.3 cm³/mol. The molecule has 0 amide bonds. The first-order chi connectivity index (χ1) is 7.84. The van der Waals surface area contributed by atoms with E-state index in [0.29, 0.717) is 5.82 Å². The Kier molecular flexibility index (Phi) is 1.86. The topological polar surface area (TPSA) is 56.7 Å². The minimum atomic E-state index is 0.529. The van der Waals surface area contributed by atoms with E-state index in [1.54, 1.807) is 18.5 Å². The molecule has 3 aromatic rings. The molecule has 2 N–H and O–H groups in total. The van der Waals surface area contributed by atoms with E-state index < -0.39 is 0 Å². The fourth-order valence-electron chi connectivity index (χ4n) is 1.74. The first-order valence-electron chi connectivity index (χ1n) is 4.98. The van der Waals surface area contributed by atoms with Gasteiger partial charge in [-0.05, 0) is 30.3 Å². The Hall–Kier alpha value is -2.36. The SMILES string of the molecule is Nc1ccc2ccn(-c3ccncc3)c2n1. The smallest absolute Gasteiger partial charge is 0.146 e. The van der Waals surface area contributed by atoms with Crippen molar-refractivity contribution in [3.05, 3.63) is 48.9 Å². The minimum absolute atomic E-state index is 0.529. The van der Waals surface area contributed by atoms with Crippen LogP contribution in [0.15, 0.2) is 48.9 Å². The highest BCUT2D eigenvalue weighted by Crippen LogP contribution is 2.19. The Balaban J connectivity index is 2.29. The van der Waals surface area contributed by atoms with E-state index in [-0.39, 0.29) is 0 Å². The molecule has 4 heteroatoms. The summed E-state index contributed by atoms with van der Waals surface area (Å²) in [6, 6.07) is 9.66. The van der Waals surface area contributed by atoms with Crippen molar-refractivity contribution in [2.45, 2.75) is 0 Å². The van der Waals surface area contributed by atoms with Crippen molar-refractivity contribution in [1.82, 2.24) is 14.5 Å². The van der Waals surface area contributed by atoms with Crippen molar-refractivity contribution < 1.29 is 0 Å². The molecule has 0 aliphatic heterocycles. The number of hydrogen-bond donors (Lipinski definition) is 1. The molecule has 0 saturated heterocycles. The summed E-state index contributed by atoms with van der Waals surface area (Å²) in [6.45, 7) is 0. The van der Waals surface area contributed by atoms with Gasteiger partial charge in [0.1, 0.15) is 11.5 Å². The summed E-state index contributed by atoms with van der Waals surface area (Å²) >= 11 is 0. The minimum Gasteiger partial charge on any atom is -0.384 e. The standard InChI is InChI=1S/C12H10N4/c13-11-2-1-9-5-8-16(12(9)15-11)10-3-6-14-7-4-10/h1-8H,(H2,13,15). The van der Waals surface area contributed by atoms with Gasteiger partial charge in [0, 0.05) is 24.0 Å². The first kappa shape index (κ1) is 8.91. The number of pyridine rings is 2. The molecule has 4 nitrogen and oxygen atoms in total. The van der Waals surface area contributed by atoms with Crippen LogP contribution >= 0.6 is 0 Å². The zero-order valence-electron chi connectivity index (χ0n) is 8.54. The number of nitrogens with two attached hydrogens (primary N) is 1. The largest absolute Gasteiger partial charge is 0.384 e. The lowest BCUT2D eigenvalue weighted by molar-refractivity contribution is 1.08. The third-order valence-electron chi connectivity index (χ3n) is 2.50. The molecule has 3 rings (SSSR count). The van der Waals surface area contributed by atoms with Crippen molar-refractivity contribution in [1.29, 1.82) is 0 Å². The molecule has 0 atom stereocenters. The molecule has 0 unspecified atom stereocenters. The number of aromatic nitrogens is 3. The van der Waals surface area contributed by atoms with Crippen molar-refractivity contribution in [2.75, 3.05) is 5.73 Å². The molecule has 3 aromatic heterocycles. The van der Waals surface area contributed by atoms with Crippen LogP contribution in [0.5, 0.6) is 0 Å². The monoisotopic (exact) mass is 210 g/mol. The highest BCUT2D eigenvalue weighted by molar-refractivity contribution is 5.79. The van der Waals surface area contributed by atoms with Crippen LogP contribution in [0.25, 0.3) is 16.7 Å². The van der Waals surface area contributed by atoms with Gasteiger partial charge in [0.05, 0.1) is 5.69 Å². The predicted octanol–water partition coefficient (Wildman–Crippen LogP) is 2.00. The third-order valence-corrected chi connectivity index (χ3v) is 2.50. The second-order valence-electron chi connectivity index (χ2n) is 3.54. The third kappa shape index (κ3) is 1.32. The number of nitrogens with zero attached hydrogens (tertiary/aromatic N) is 3. The van der Waals surface area contributed by atoms with E-state index in [4.69, 9.17) is 5.73 Å². The van der Waals surface area contributed by atoms with Crippen molar-refractivity contribution in [3.63, 3.8) is 0 Å². The molecule has 0 aliphatic rings.